The van der Waals surface area contributed by atoms with Crippen molar-refractivity contribution < 1.29 is 0 Å². The molecule has 3 unspecified atom stereocenters. The summed E-state index contributed by atoms with van der Waals surface area (Å²) in [4.78, 5) is 2.76. The molecule has 0 bridgehead atoms. The minimum Gasteiger partial charge on any atom is -0.316 e. The van der Waals surface area contributed by atoms with Gasteiger partial charge in [-0.1, -0.05) is 37.3 Å². The molecule has 1 heterocycles. The van der Waals surface area contributed by atoms with Gasteiger partial charge in [-0.15, -0.1) is 0 Å². The lowest BCUT2D eigenvalue weighted by Crippen LogP contribution is -2.49. The molecule has 0 amide bonds. The zero-order valence-electron chi connectivity index (χ0n) is 12.7. The van der Waals surface area contributed by atoms with Gasteiger partial charge >= 0.3 is 0 Å². The molecule has 20 heavy (non-hydrogen) atoms. The normalized spacial score (nSPS) is 30.4. The highest BCUT2D eigenvalue weighted by atomic mass is 15.2. The van der Waals surface area contributed by atoms with Crippen LogP contribution in [0.3, 0.4) is 0 Å². The molecule has 1 aromatic rings. The highest BCUT2D eigenvalue weighted by Crippen LogP contribution is 2.37. The molecule has 110 valence electrons. The van der Waals surface area contributed by atoms with Crippen molar-refractivity contribution in [3.8, 4) is 0 Å². The molecule has 1 N–H and O–H groups in total. The summed E-state index contributed by atoms with van der Waals surface area (Å²) in [5, 5.41) is 3.61. The van der Waals surface area contributed by atoms with Crippen molar-refractivity contribution in [1.29, 1.82) is 0 Å². The van der Waals surface area contributed by atoms with Gasteiger partial charge in [-0.3, -0.25) is 4.90 Å². The molecule has 3 rings (SSSR count). The van der Waals surface area contributed by atoms with Crippen LogP contribution < -0.4 is 5.32 Å². The average molecular weight is 272 g/mol. The second-order valence-electron chi connectivity index (χ2n) is 6.50. The topological polar surface area (TPSA) is 15.3 Å². The summed E-state index contributed by atoms with van der Waals surface area (Å²) in [6, 6.07) is 11.9. The van der Waals surface area contributed by atoms with Crippen molar-refractivity contribution in [1.82, 2.24) is 10.2 Å². The Hall–Kier alpha value is -0.860. The van der Waals surface area contributed by atoms with Gasteiger partial charge in [0, 0.05) is 12.6 Å². The highest BCUT2D eigenvalue weighted by molar-refractivity contribution is 5.21. The Bertz CT molecular complexity index is 403. The summed E-state index contributed by atoms with van der Waals surface area (Å²) < 4.78 is 0. The predicted molar refractivity (Wildman–Crippen MR) is 85.0 cm³/mol. The molecule has 2 aliphatic rings. The van der Waals surface area contributed by atoms with E-state index in [1.165, 1.54) is 57.4 Å². The second kappa shape index (κ2) is 6.73. The van der Waals surface area contributed by atoms with E-state index in [9.17, 15) is 0 Å². The van der Waals surface area contributed by atoms with Gasteiger partial charge in [-0.25, -0.2) is 0 Å². The molecule has 3 atom stereocenters. The summed E-state index contributed by atoms with van der Waals surface area (Å²) in [6.45, 7) is 7.23. The Morgan fingerprint density at radius 3 is 2.70 bits per heavy atom. The van der Waals surface area contributed by atoms with Crippen LogP contribution in [0.1, 0.15) is 44.1 Å². The number of benzene rings is 1. The van der Waals surface area contributed by atoms with Crippen molar-refractivity contribution in [3.63, 3.8) is 0 Å². The molecule has 1 saturated heterocycles. The first-order valence-corrected chi connectivity index (χ1v) is 8.38. The molecular formula is C18H28N2. The Labute approximate surface area is 123 Å². The molecule has 2 nitrogen and oxygen atoms in total. The first kappa shape index (κ1) is 14.1. The molecule has 1 aromatic carbocycles. The predicted octanol–water partition coefficient (Wildman–Crippen LogP) is 3.25. The van der Waals surface area contributed by atoms with Gasteiger partial charge in [-0.05, 0) is 62.7 Å². The first-order chi connectivity index (χ1) is 9.88. The molecule has 2 heteroatoms. The van der Waals surface area contributed by atoms with E-state index in [0.717, 1.165) is 17.9 Å². The van der Waals surface area contributed by atoms with Crippen LogP contribution in [0.5, 0.6) is 0 Å². The van der Waals surface area contributed by atoms with Crippen LogP contribution in [0.4, 0.5) is 0 Å². The van der Waals surface area contributed by atoms with Gasteiger partial charge in [0.15, 0.2) is 0 Å². The molecule has 0 spiro atoms. The van der Waals surface area contributed by atoms with Crippen LogP contribution in [0.25, 0.3) is 0 Å². The number of nitrogens with zero attached hydrogens (tertiary/aromatic N) is 1. The maximum atomic E-state index is 3.61. The highest BCUT2D eigenvalue weighted by Gasteiger charge is 2.38. The Morgan fingerprint density at radius 1 is 1.15 bits per heavy atom. The van der Waals surface area contributed by atoms with Gasteiger partial charge < -0.3 is 5.32 Å². The zero-order chi connectivity index (χ0) is 13.8. The van der Waals surface area contributed by atoms with E-state index in [1.807, 2.05) is 0 Å². The van der Waals surface area contributed by atoms with Crippen LogP contribution >= 0.6 is 0 Å². The minimum atomic E-state index is 0.765. The van der Waals surface area contributed by atoms with Crippen LogP contribution in [0.2, 0.25) is 0 Å². The summed E-state index contributed by atoms with van der Waals surface area (Å²) in [5.74, 6) is 1.66. The first-order valence-electron chi connectivity index (χ1n) is 8.38. The number of nitrogens with one attached hydrogen (secondary N) is 1. The molecule has 0 radical (unpaired) electrons. The van der Waals surface area contributed by atoms with E-state index < -0.39 is 0 Å². The third kappa shape index (κ3) is 3.07. The molecule has 1 aliphatic heterocycles. The van der Waals surface area contributed by atoms with Crippen LogP contribution in [0, 0.1) is 5.92 Å². The molecule has 2 fully saturated rings. The summed E-state index contributed by atoms with van der Waals surface area (Å²) >= 11 is 0. The molecule has 1 aliphatic carbocycles. The largest absolute Gasteiger partial charge is 0.316 e. The summed E-state index contributed by atoms with van der Waals surface area (Å²) in [5.41, 5.74) is 1.54. The van der Waals surface area contributed by atoms with Crippen LogP contribution in [-0.2, 0) is 0 Å². The lowest BCUT2D eigenvalue weighted by molar-refractivity contribution is 0.0813. The summed E-state index contributed by atoms with van der Waals surface area (Å²) in [6.07, 6.45) is 5.43. The Balaban J connectivity index is 1.50. The number of hydrogen-bond acceptors (Lipinski definition) is 2. The van der Waals surface area contributed by atoms with Gasteiger partial charge in [0.2, 0.25) is 0 Å². The van der Waals surface area contributed by atoms with Crippen LogP contribution in [-0.4, -0.2) is 37.1 Å². The summed E-state index contributed by atoms with van der Waals surface area (Å²) in [7, 11) is 0. The van der Waals surface area contributed by atoms with Crippen molar-refractivity contribution >= 4 is 0 Å². The smallest absolute Gasteiger partial charge is 0.0136 e. The maximum Gasteiger partial charge on any atom is 0.0136 e. The molecule has 0 aromatic heterocycles. The number of hydrogen-bond donors (Lipinski definition) is 1. The van der Waals surface area contributed by atoms with E-state index in [-0.39, 0.29) is 0 Å². The zero-order valence-corrected chi connectivity index (χ0v) is 12.7. The number of rotatable bonds is 6. The van der Waals surface area contributed by atoms with Crippen molar-refractivity contribution in [2.75, 3.05) is 26.2 Å². The lowest BCUT2D eigenvalue weighted by Gasteiger charge is -2.43. The van der Waals surface area contributed by atoms with E-state index in [2.05, 4.69) is 47.5 Å². The second-order valence-corrected chi connectivity index (χ2v) is 6.50. The van der Waals surface area contributed by atoms with E-state index in [1.54, 1.807) is 0 Å². The SMILES string of the molecule is CCCNCC1CCC1N1CCC(c2ccccc2)C1. The van der Waals surface area contributed by atoms with E-state index in [4.69, 9.17) is 0 Å². The monoisotopic (exact) mass is 272 g/mol. The quantitative estimate of drug-likeness (QED) is 0.800. The van der Waals surface area contributed by atoms with E-state index in [0.29, 0.717) is 0 Å². The van der Waals surface area contributed by atoms with Crippen LogP contribution in [0.15, 0.2) is 30.3 Å². The van der Waals surface area contributed by atoms with Gasteiger partial charge in [0.1, 0.15) is 0 Å². The third-order valence-electron chi connectivity index (χ3n) is 5.17. The minimum absolute atomic E-state index is 0.765. The van der Waals surface area contributed by atoms with Crippen molar-refractivity contribution in [2.45, 2.75) is 44.6 Å². The van der Waals surface area contributed by atoms with Gasteiger partial charge in [0.25, 0.3) is 0 Å². The van der Waals surface area contributed by atoms with Gasteiger partial charge in [0.05, 0.1) is 0 Å². The Morgan fingerprint density at radius 2 is 2.00 bits per heavy atom. The number of likely N-dealkylation sites (tertiary alicyclic amines) is 1. The Kier molecular flexibility index (Phi) is 4.74. The average Bonchev–Trinajstić information content (AvgIpc) is 2.92. The van der Waals surface area contributed by atoms with Crippen molar-refractivity contribution in [2.24, 2.45) is 5.92 Å². The fraction of sp³-hybridized carbons (Fsp3) is 0.667. The van der Waals surface area contributed by atoms with Gasteiger partial charge in [-0.2, -0.15) is 0 Å². The standard InChI is InChI=1S/C18H28N2/c1-2-11-19-13-16-8-9-18(16)20-12-10-17(14-20)15-6-4-3-5-7-15/h3-7,16-19H,2,8-14H2,1H3. The molecule has 1 saturated carbocycles. The van der Waals surface area contributed by atoms with Crippen molar-refractivity contribution in [3.05, 3.63) is 35.9 Å². The fourth-order valence-electron chi connectivity index (χ4n) is 3.82. The third-order valence-corrected chi connectivity index (χ3v) is 5.17. The van der Waals surface area contributed by atoms with E-state index >= 15 is 0 Å². The fourth-order valence-corrected chi connectivity index (χ4v) is 3.82. The lowest BCUT2D eigenvalue weighted by atomic mass is 9.78. The molecular weight excluding hydrogens is 244 g/mol. The maximum absolute atomic E-state index is 3.61.